The summed E-state index contributed by atoms with van der Waals surface area (Å²) in [5, 5.41) is 10.2. The Morgan fingerprint density at radius 1 is 1.04 bits per heavy atom. The molecule has 2 aromatic rings. The number of phenolic OH excluding ortho intramolecular Hbond substituents is 1. The number of aryl methyl sites for hydroxylation is 1. The van der Waals surface area contributed by atoms with Crippen LogP contribution in [0.5, 0.6) is 17.2 Å². The van der Waals surface area contributed by atoms with Crippen LogP contribution in [0.2, 0.25) is 0 Å². The molecule has 0 spiro atoms. The van der Waals surface area contributed by atoms with Gasteiger partial charge >= 0.3 is 0 Å². The van der Waals surface area contributed by atoms with E-state index in [-0.39, 0.29) is 5.75 Å². The average Bonchev–Trinajstić information content (AvgIpc) is 2.54. The van der Waals surface area contributed by atoms with E-state index in [0.29, 0.717) is 17.7 Å². The summed E-state index contributed by atoms with van der Waals surface area (Å²) in [5.74, 6) is -0.0994. The molecule has 0 unspecified atom stereocenters. The maximum Gasteiger partial charge on any atom is 0.298 e. The van der Waals surface area contributed by atoms with Crippen molar-refractivity contribution >= 4 is 10.1 Å². The predicted octanol–water partition coefficient (Wildman–Crippen LogP) is 4.55. The van der Waals surface area contributed by atoms with Crippen molar-refractivity contribution in [1.29, 1.82) is 0 Å². The van der Waals surface area contributed by atoms with Crippen LogP contribution in [0.1, 0.15) is 38.2 Å². The molecule has 5 nitrogen and oxygen atoms in total. The van der Waals surface area contributed by atoms with Crippen LogP contribution in [0.25, 0.3) is 0 Å². The van der Waals surface area contributed by atoms with E-state index in [1.807, 2.05) is 6.07 Å². The average molecular weight is 350 g/mol. The summed E-state index contributed by atoms with van der Waals surface area (Å²) in [7, 11) is -4.54. The van der Waals surface area contributed by atoms with E-state index in [4.69, 9.17) is 4.74 Å². The van der Waals surface area contributed by atoms with Gasteiger partial charge in [-0.2, -0.15) is 8.42 Å². The molecular weight excluding hydrogens is 328 g/mol. The van der Waals surface area contributed by atoms with Gasteiger partial charge in [0.25, 0.3) is 10.1 Å². The zero-order chi connectivity index (χ0) is 17.6. The lowest BCUT2D eigenvalue weighted by Gasteiger charge is -2.12. The maximum absolute atomic E-state index is 11.5. The Labute approximate surface area is 142 Å². The Morgan fingerprint density at radius 3 is 2.38 bits per heavy atom. The fraction of sp³-hybridized carbons (Fsp3) is 0.333. The largest absolute Gasteiger partial charge is 0.503 e. The van der Waals surface area contributed by atoms with Crippen LogP contribution in [-0.2, 0) is 16.5 Å². The van der Waals surface area contributed by atoms with E-state index in [1.54, 1.807) is 30.3 Å². The van der Waals surface area contributed by atoms with Crippen LogP contribution in [0, 0.1) is 0 Å². The summed E-state index contributed by atoms with van der Waals surface area (Å²) in [4.78, 5) is -0.526. The van der Waals surface area contributed by atoms with E-state index in [0.717, 1.165) is 25.7 Å². The minimum absolute atomic E-state index is 0.0156. The molecular formula is C18H22O5S. The van der Waals surface area contributed by atoms with Gasteiger partial charge in [-0.05, 0) is 42.7 Å². The smallest absolute Gasteiger partial charge is 0.298 e. The molecule has 0 atom stereocenters. The molecule has 130 valence electrons. The van der Waals surface area contributed by atoms with Crippen molar-refractivity contribution in [2.45, 2.75) is 43.9 Å². The Hall–Kier alpha value is -2.05. The SMILES string of the molecule is CCCCCCc1cc(Oc2ccccc2)c(O)c(S(=O)(=O)O)c1. The van der Waals surface area contributed by atoms with E-state index in [1.165, 1.54) is 6.07 Å². The quantitative estimate of drug-likeness (QED) is 0.539. The Morgan fingerprint density at radius 2 is 1.75 bits per heavy atom. The molecule has 0 aliphatic rings. The number of unbranched alkanes of at least 4 members (excludes halogenated alkanes) is 3. The number of para-hydroxylation sites is 1. The molecule has 0 aromatic heterocycles. The lowest BCUT2D eigenvalue weighted by Crippen LogP contribution is -2.02. The number of phenols is 1. The molecule has 0 saturated carbocycles. The fourth-order valence-corrected chi connectivity index (χ4v) is 3.07. The molecule has 2 N–H and O–H groups in total. The molecule has 0 aliphatic heterocycles. The standard InChI is InChI=1S/C18H22O5S/c1-2-3-4-6-9-14-12-16(23-15-10-7-5-8-11-15)18(19)17(13-14)24(20,21)22/h5,7-8,10-13,19H,2-4,6,9H2,1H3,(H,20,21,22). The lowest BCUT2D eigenvalue weighted by atomic mass is 10.1. The zero-order valence-corrected chi connectivity index (χ0v) is 14.4. The molecule has 0 radical (unpaired) electrons. The molecule has 0 amide bonds. The highest BCUT2D eigenvalue weighted by atomic mass is 32.2. The maximum atomic E-state index is 11.5. The molecule has 2 aromatic carbocycles. The van der Waals surface area contributed by atoms with Crippen molar-refractivity contribution in [2.75, 3.05) is 0 Å². The Balaban J connectivity index is 2.33. The highest BCUT2D eigenvalue weighted by molar-refractivity contribution is 7.86. The minimum Gasteiger partial charge on any atom is -0.503 e. The van der Waals surface area contributed by atoms with Crippen LogP contribution in [-0.4, -0.2) is 18.1 Å². The third-order valence-electron chi connectivity index (χ3n) is 3.67. The summed E-state index contributed by atoms with van der Waals surface area (Å²) < 4.78 is 38.0. The van der Waals surface area contributed by atoms with Crippen molar-refractivity contribution < 1.29 is 22.8 Å². The van der Waals surface area contributed by atoms with Gasteiger partial charge in [-0.3, -0.25) is 4.55 Å². The highest BCUT2D eigenvalue weighted by Gasteiger charge is 2.21. The van der Waals surface area contributed by atoms with Gasteiger partial charge < -0.3 is 9.84 Å². The normalized spacial score (nSPS) is 11.4. The highest BCUT2D eigenvalue weighted by Crippen LogP contribution is 2.37. The van der Waals surface area contributed by atoms with Crippen molar-refractivity contribution in [3.63, 3.8) is 0 Å². The number of hydrogen-bond acceptors (Lipinski definition) is 4. The second-order valence-electron chi connectivity index (χ2n) is 5.64. The first-order chi connectivity index (χ1) is 11.4. The van der Waals surface area contributed by atoms with Gasteiger partial charge in [-0.15, -0.1) is 0 Å². The first kappa shape index (κ1) is 18.3. The molecule has 0 heterocycles. The van der Waals surface area contributed by atoms with Crippen molar-refractivity contribution in [2.24, 2.45) is 0 Å². The molecule has 0 fully saturated rings. The zero-order valence-electron chi connectivity index (χ0n) is 13.6. The summed E-state index contributed by atoms with van der Waals surface area (Å²) in [5.41, 5.74) is 0.697. The second-order valence-corrected chi connectivity index (χ2v) is 7.03. The molecule has 2 rings (SSSR count). The molecule has 0 bridgehead atoms. The van der Waals surface area contributed by atoms with E-state index >= 15 is 0 Å². The monoisotopic (exact) mass is 350 g/mol. The second kappa shape index (κ2) is 8.17. The summed E-state index contributed by atoms with van der Waals surface area (Å²) in [6, 6.07) is 11.7. The molecule has 0 aliphatic carbocycles. The fourth-order valence-electron chi connectivity index (χ4n) is 2.43. The van der Waals surface area contributed by atoms with Crippen LogP contribution in [0.4, 0.5) is 0 Å². The van der Waals surface area contributed by atoms with Gasteiger partial charge in [-0.1, -0.05) is 44.4 Å². The lowest BCUT2D eigenvalue weighted by molar-refractivity contribution is 0.395. The number of benzene rings is 2. The van der Waals surface area contributed by atoms with Crippen LogP contribution < -0.4 is 4.74 Å². The van der Waals surface area contributed by atoms with Gasteiger partial charge in [0, 0.05) is 0 Å². The third-order valence-corrected chi connectivity index (χ3v) is 4.53. The Bertz CT molecular complexity index is 769. The van der Waals surface area contributed by atoms with Crippen molar-refractivity contribution in [1.82, 2.24) is 0 Å². The number of ether oxygens (including phenoxy) is 1. The van der Waals surface area contributed by atoms with Gasteiger partial charge in [0.05, 0.1) is 0 Å². The molecule has 6 heteroatoms. The summed E-state index contributed by atoms with van der Waals surface area (Å²) in [6.45, 7) is 2.11. The van der Waals surface area contributed by atoms with Crippen LogP contribution in [0.15, 0.2) is 47.4 Å². The topological polar surface area (TPSA) is 83.8 Å². The van der Waals surface area contributed by atoms with Crippen molar-refractivity contribution in [3.05, 3.63) is 48.0 Å². The number of aromatic hydroxyl groups is 1. The molecule has 24 heavy (non-hydrogen) atoms. The van der Waals surface area contributed by atoms with E-state index in [2.05, 4.69) is 6.92 Å². The van der Waals surface area contributed by atoms with Gasteiger partial charge in [-0.25, -0.2) is 0 Å². The minimum atomic E-state index is -4.54. The summed E-state index contributed by atoms with van der Waals surface area (Å²) in [6.07, 6.45) is 4.79. The van der Waals surface area contributed by atoms with Crippen molar-refractivity contribution in [3.8, 4) is 17.2 Å². The first-order valence-corrected chi connectivity index (χ1v) is 9.42. The Kier molecular flexibility index (Phi) is 6.23. The van der Waals surface area contributed by atoms with E-state index in [9.17, 15) is 18.1 Å². The predicted molar refractivity (Wildman–Crippen MR) is 92.3 cm³/mol. The summed E-state index contributed by atoms with van der Waals surface area (Å²) >= 11 is 0. The van der Waals surface area contributed by atoms with Crippen LogP contribution >= 0.6 is 0 Å². The number of hydrogen-bond donors (Lipinski definition) is 2. The van der Waals surface area contributed by atoms with Gasteiger partial charge in [0.15, 0.2) is 11.5 Å². The van der Waals surface area contributed by atoms with Crippen LogP contribution in [0.3, 0.4) is 0 Å². The number of rotatable bonds is 8. The molecule has 0 saturated heterocycles. The first-order valence-electron chi connectivity index (χ1n) is 7.98. The third kappa shape index (κ3) is 4.97. The van der Waals surface area contributed by atoms with E-state index < -0.39 is 20.8 Å². The van der Waals surface area contributed by atoms with Gasteiger partial charge in [0.1, 0.15) is 10.6 Å². The van der Waals surface area contributed by atoms with Gasteiger partial charge in [0.2, 0.25) is 0 Å².